The number of halogens is 2. The van der Waals surface area contributed by atoms with E-state index in [-0.39, 0.29) is 27.0 Å². The second-order valence-corrected chi connectivity index (χ2v) is 4.50. The molecule has 0 unspecified atom stereocenters. The Kier molecular flexibility index (Phi) is 3.78. The number of aromatic amines is 1. The van der Waals surface area contributed by atoms with Crippen molar-refractivity contribution in [2.45, 2.75) is 0 Å². The molecule has 1 aromatic carbocycles. The normalized spacial score (nSPS) is 10.2. The van der Waals surface area contributed by atoms with Crippen molar-refractivity contribution in [3.05, 3.63) is 56.4 Å². The number of pyridine rings is 1. The second-order valence-electron chi connectivity index (χ2n) is 3.66. The van der Waals surface area contributed by atoms with Gasteiger partial charge in [0.2, 0.25) is 0 Å². The summed E-state index contributed by atoms with van der Waals surface area (Å²) in [6.07, 6.45) is 2.67. The quantitative estimate of drug-likeness (QED) is 0.745. The third kappa shape index (κ3) is 2.89. The Morgan fingerprint density at radius 3 is 2.74 bits per heavy atom. The number of phenolic OH excluding ortho intramolecular Hbond substituents is 1. The Morgan fingerprint density at radius 1 is 1.32 bits per heavy atom. The summed E-state index contributed by atoms with van der Waals surface area (Å²) in [6.45, 7) is 0. The van der Waals surface area contributed by atoms with Crippen LogP contribution in [0.1, 0.15) is 10.4 Å². The monoisotopic (exact) mass is 298 g/mol. The van der Waals surface area contributed by atoms with Gasteiger partial charge in [0.15, 0.2) is 11.2 Å². The van der Waals surface area contributed by atoms with Crippen LogP contribution in [0.2, 0.25) is 10.0 Å². The molecule has 2 rings (SSSR count). The molecule has 98 valence electrons. The number of anilines is 1. The summed E-state index contributed by atoms with van der Waals surface area (Å²) in [5.41, 5.74) is -0.493. The molecule has 0 fully saturated rings. The van der Waals surface area contributed by atoms with Crippen LogP contribution in [-0.2, 0) is 0 Å². The first-order valence-electron chi connectivity index (χ1n) is 5.15. The van der Waals surface area contributed by atoms with Gasteiger partial charge in [-0.2, -0.15) is 0 Å². The predicted molar refractivity (Wildman–Crippen MR) is 73.1 cm³/mol. The van der Waals surface area contributed by atoms with E-state index in [2.05, 4.69) is 10.3 Å². The van der Waals surface area contributed by atoms with Gasteiger partial charge in [-0.1, -0.05) is 23.2 Å². The van der Waals surface area contributed by atoms with Crippen molar-refractivity contribution in [1.82, 2.24) is 4.98 Å². The summed E-state index contributed by atoms with van der Waals surface area (Å²) in [5.74, 6) is -0.984. The van der Waals surface area contributed by atoms with E-state index < -0.39 is 11.3 Å². The summed E-state index contributed by atoms with van der Waals surface area (Å²) in [5, 5.41) is 12.3. The lowest BCUT2D eigenvalue weighted by atomic mass is 10.2. The molecule has 1 aromatic heterocycles. The van der Waals surface area contributed by atoms with E-state index in [4.69, 9.17) is 23.2 Å². The number of H-pyrrole nitrogens is 1. The third-order valence-electron chi connectivity index (χ3n) is 2.35. The summed E-state index contributed by atoms with van der Waals surface area (Å²) in [7, 11) is 0. The molecule has 0 saturated carbocycles. The summed E-state index contributed by atoms with van der Waals surface area (Å²) >= 11 is 11.5. The van der Waals surface area contributed by atoms with Crippen molar-refractivity contribution < 1.29 is 9.90 Å². The molecule has 1 heterocycles. The first kappa shape index (κ1) is 13.5. The first-order valence-corrected chi connectivity index (χ1v) is 5.91. The molecule has 0 saturated heterocycles. The number of hydrogen-bond acceptors (Lipinski definition) is 3. The number of aromatic hydroxyl groups is 1. The largest absolute Gasteiger partial charge is 0.504 e. The highest BCUT2D eigenvalue weighted by molar-refractivity contribution is 6.36. The Bertz CT molecular complexity index is 698. The number of carbonyl (C=O) groups is 1. The number of carbonyl (C=O) groups excluding carboxylic acids is 1. The van der Waals surface area contributed by atoms with Crippen LogP contribution < -0.4 is 10.7 Å². The molecule has 3 N–H and O–H groups in total. The van der Waals surface area contributed by atoms with Gasteiger partial charge in [-0.15, -0.1) is 0 Å². The highest BCUT2D eigenvalue weighted by Gasteiger charge is 2.14. The van der Waals surface area contributed by atoms with Gasteiger partial charge in [0.1, 0.15) is 5.56 Å². The smallest absolute Gasteiger partial charge is 0.261 e. The molecular formula is C12H8Cl2N2O3. The van der Waals surface area contributed by atoms with E-state index in [0.717, 1.165) is 0 Å². The Morgan fingerprint density at radius 2 is 2.05 bits per heavy atom. The molecule has 0 radical (unpaired) electrons. The fourth-order valence-corrected chi connectivity index (χ4v) is 1.94. The van der Waals surface area contributed by atoms with Gasteiger partial charge in [0.25, 0.3) is 5.91 Å². The molecule has 0 spiro atoms. The van der Waals surface area contributed by atoms with Crippen molar-refractivity contribution in [3.63, 3.8) is 0 Å². The standard InChI is InChI=1S/C12H8Cl2N2O3/c13-6-3-8(14)11(18)9(4-6)16-12(19)7-5-15-2-1-10(7)17/h1-5,18H,(H,15,17)(H,16,19). The van der Waals surface area contributed by atoms with Gasteiger partial charge in [0, 0.05) is 23.5 Å². The van der Waals surface area contributed by atoms with Gasteiger partial charge in [-0.05, 0) is 12.1 Å². The van der Waals surface area contributed by atoms with Gasteiger partial charge < -0.3 is 15.4 Å². The zero-order valence-corrected chi connectivity index (χ0v) is 10.9. The summed E-state index contributed by atoms with van der Waals surface area (Å²) in [6, 6.07) is 3.89. The molecule has 0 aliphatic carbocycles. The van der Waals surface area contributed by atoms with Gasteiger partial charge >= 0.3 is 0 Å². The lowest BCUT2D eigenvalue weighted by molar-refractivity contribution is 0.102. The maximum atomic E-state index is 11.9. The van der Waals surface area contributed by atoms with Crippen molar-refractivity contribution in [3.8, 4) is 5.75 Å². The fourth-order valence-electron chi connectivity index (χ4n) is 1.44. The van der Waals surface area contributed by atoms with Crippen molar-refractivity contribution >= 4 is 34.8 Å². The first-order chi connectivity index (χ1) is 8.99. The number of benzene rings is 1. The molecule has 0 aliphatic heterocycles. The van der Waals surface area contributed by atoms with Crippen LogP contribution in [-0.4, -0.2) is 16.0 Å². The minimum absolute atomic E-state index is 0.00442. The molecular weight excluding hydrogens is 291 g/mol. The van der Waals surface area contributed by atoms with E-state index in [1.807, 2.05) is 0 Å². The minimum atomic E-state index is -0.671. The average molecular weight is 299 g/mol. The highest BCUT2D eigenvalue weighted by atomic mass is 35.5. The molecule has 0 atom stereocenters. The second kappa shape index (κ2) is 5.34. The SMILES string of the molecule is O=C(Nc1cc(Cl)cc(Cl)c1O)c1c[nH]ccc1=O. The number of aromatic nitrogens is 1. The molecule has 2 aromatic rings. The van der Waals surface area contributed by atoms with E-state index in [1.54, 1.807) is 0 Å². The van der Waals surface area contributed by atoms with E-state index in [1.165, 1.54) is 30.6 Å². The third-order valence-corrected chi connectivity index (χ3v) is 2.85. The Balaban J connectivity index is 2.35. The van der Waals surface area contributed by atoms with Crippen LogP contribution in [0.3, 0.4) is 0 Å². The van der Waals surface area contributed by atoms with Crippen LogP contribution in [0.15, 0.2) is 35.4 Å². The molecule has 19 heavy (non-hydrogen) atoms. The van der Waals surface area contributed by atoms with Crippen LogP contribution in [0.5, 0.6) is 5.75 Å². The lowest BCUT2D eigenvalue weighted by Gasteiger charge is -2.08. The minimum Gasteiger partial charge on any atom is -0.504 e. The summed E-state index contributed by atoms with van der Waals surface area (Å²) in [4.78, 5) is 26.0. The van der Waals surface area contributed by atoms with Gasteiger partial charge in [0.05, 0.1) is 10.7 Å². The fraction of sp³-hybridized carbons (Fsp3) is 0. The van der Waals surface area contributed by atoms with Gasteiger partial charge in [-0.3, -0.25) is 9.59 Å². The molecule has 0 bridgehead atoms. The van der Waals surface area contributed by atoms with E-state index in [9.17, 15) is 14.7 Å². The van der Waals surface area contributed by atoms with E-state index >= 15 is 0 Å². The van der Waals surface area contributed by atoms with Gasteiger partial charge in [-0.25, -0.2) is 0 Å². The van der Waals surface area contributed by atoms with Crippen LogP contribution >= 0.6 is 23.2 Å². The number of nitrogens with one attached hydrogen (secondary N) is 2. The topological polar surface area (TPSA) is 82.2 Å². The molecule has 1 amide bonds. The summed E-state index contributed by atoms with van der Waals surface area (Å²) < 4.78 is 0. The predicted octanol–water partition coefficient (Wildman–Crippen LogP) is 2.64. The number of phenols is 1. The van der Waals surface area contributed by atoms with E-state index in [0.29, 0.717) is 0 Å². The van der Waals surface area contributed by atoms with Crippen molar-refractivity contribution in [1.29, 1.82) is 0 Å². The zero-order valence-electron chi connectivity index (χ0n) is 9.41. The number of hydrogen-bond donors (Lipinski definition) is 3. The van der Waals surface area contributed by atoms with Crippen LogP contribution in [0.25, 0.3) is 0 Å². The maximum Gasteiger partial charge on any atom is 0.261 e. The van der Waals surface area contributed by atoms with Crippen molar-refractivity contribution in [2.75, 3.05) is 5.32 Å². The Hall–Kier alpha value is -1.98. The highest BCUT2D eigenvalue weighted by Crippen LogP contribution is 2.35. The lowest BCUT2D eigenvalue weighted by Crippen LogP contribution is -2.20. The molecule has 7 heteroatoms. The molecule has 0 aliphatic rings. The Labute approximate surface area is 117 Å². The maximum absolute atomic E-state index is 11.9. The number of rotatable bonds is 2. The zero-order chi connectivity index (χ0) is 14.0. The number of amides is 1. The molecule has 5 nitrogen and oxygen atoms in total. The van der Waals surface area contributed by atoms with Crippen LogP contribution in [0, 0.1) is 0 Å². The van der Waals surface area contributed by atoms with Crippen molar-refractivity contribution in [2.24, 2.45) is 0 Å². The van der Waals surface area contributed by atoms with Crippen LogP contribution in [0.4, 0.5) is 5.69 Å². The average Bonchev–Trinajstić information content (AvgIpc) is 2.35.